The second-order valence-electron chi connectivity index (χ2n) is 6.59. The number of allylic oxidation sites excluding steroid dienone is 3. The Morgan fingerprint density at radius 3 is 2.67 bits per heavy atom. The molecule has 1 aliphatic carbocycles. The van der Waals surface area contributed by atoms with Crippen LogP contribution in [-0.4, -0.2) is 32.6 Å². The predicted molar refractivity (Wildman–Crippen MR) is 101 cm³/mol. The molecule has 0 saturated carbocycles. The van der Waals surface area contributed by atoms with Crippen molar-refractivity contribution in [2.45, 2.75) is 39.0 Å². The molecule has 1 N–H and O–H groups in total. The summed E-state index contributed by atoms with van der Waals surface area (Å²) in [5, 5.41) is 3.27. The highest BCUT2D eigenvalue weighted by atomic mass is 16.5. The maximum atomic E-state index is 12.9. The first-order valence-corrected chi connectivity index (χ1v) is 9.14. The van der Waals surface area contributed by atoms with E-state index in [0.29, 0.717) is 34.8 Å². The zero-order valence-electron chi connectivity index (χ0n) is 16.2. The summed E-state index contributed by atoms with van der Waals surface area (Å²) >= 11 is 0. The van der Waals surface area contributed by atoms with Crippen molar-refractivity contribution in [3.8, 4) is 11.5 Å². The summed E-state index contributed by atoms with van der Waals surface area (Å²) in [7, 11) is 3.16. The van der Waals surface area contributed by atoms with Gasteiger partial charge in [0.1, 0.15) is 11.5 Å². The number of ketones is 1. The number of hydrogen-bond donors (Lipinski definition) is 1. The molecule has 0 amide bonds. The minimum absolute atomic E-state index is 0.0490. The largest absolute Gasteiger partial charge is 0.497 e. The highest BCUT2D eigenvalue weighted by Crippen LogP contribution is 2.46. The molecule has 27 heavy (non-hydrogen) atoms. The lowest BCUT2D eigenvalue weighted by molar-refractivity contribution is -0.138. The zero-order chi connectivity index (χ0) is 19.6. The Balaban J connectivity index is 2.24. The van der Waals surface area contributed by atoms with Gasteiger partial charge < -0.3 is 19.5 Å². The number of dihydropyridines is 1. The number of ether oxygens (including phenoxy) is 3. The maximum Gasteiger partial charge on any atom is 0.336 e. The summed E-state index contributed by atoms with van der Waals surface area (Å²) in [4.78, 5) is 25.7. The van der Waals surface area contributed by atoms with Crippen LogP contribution >= 0.6 is 0 Å². The Kier molecular flexibility index (Phi) is 5.54. The van der Waals surface area contributed by atoms with E-state index in [-0.39, 0.29) is 12.4 Å². The van der Waals surface area contributed by atoms with Gasteiger partial charge >= 0.3 is 5.97 Å². The maximum absolute atomic E-state index is 12.9. The van der Waals surface area contributed by atoms with Crippen LogP contribution in [0, 0.1) is 0 Å². The van der Waals surface area contributed by atoms with E-state index in [1.54, 1.807) is 33.3 Å². The molecule has 1 atom stereocenters. The minimum Gasteiger partial charge on any atom is -0.497 e. The molecule has 0 radical (unpaired) electrons. The monoisotopic (exact) mass is 371 g/mol. The number of methoxy groups -OCH3 is 2. The first kappa shape index (κ1) is 19.0. The van der Waals surface area contributed by atoms with Crippen molar-refractivity contribution in [1.29, 1.82) is 0 Å². The van der Waals surface area contributed by atoms with Crippen molar-refractivity contribution in [3.05, 3.63) is 46.3 Å². The topological polar surface area (TPSA) is 73.9 Å². The third-order valence-corrected chi connectivity index (χ3v) is 5.02. The van der Waals surface area contributed by atoms with E-state index >= 15 is 0 Å². The van der Waals surface area contributed by atoms with Crippen molar-refractivity contribution in [2.24, 2.45) is 0 Å². The van der Waals surface area contributed by atoms with Gasteiger partial charge in [0.25, 0.3) is 0 Å². The number of carbonyl (C=O) groups excluding carboxylic acids is 2. The smallest absolute Gasteiger partial charge is 0.336 e. The molecule has 0 unspecified atom stereocenters. The molecule has 144 valence electrons. The van der Waals surface area contributed by atoms with E-state index in [2.05, 4.69) is 5.32 Å². The SMILES string of the molecule is CCOC(=O)C1=C(C)NC2=C(C(=O)CCC2)[C@@H]1c1cc(OC)ccc1OC. The molecule has 0 bridgehead atoms. The van der Waals surface area contributed by atoms with Gasteiger partial charge in [0, 0.05) is 29.0 Å². The molecule has 1 aromatic rings. The highest BCUT2D eigenvalue weighted by Gasteiger charge is 2.40. The molecule has 0 aromatic heterocycles. The second-order valence-corrected chi connectivity index (χ2v) is 6.59. The molecule has 1 heterocycles. The Morgan fingerprint density at radius 2 is 2.00 bits per heavy atom. The fourth-order valence-electron chi connectivity index (χ4n) is 3.84. The van der Waals surface area contributed by atoms with Gasteiger partial charge in [-0.1, -0.05) is 0 Å². The van der Waals surface area contributed by atoms with Crippen molar-refractivity contribution >= 4 is 11.8 Å². The lowest BCUT2D eigenvalue weighted by atomic mass is 9.75. The summed E-state index contributed by atoms with van der Waals surface area (Å²) in [6.07, 6.45) is 2.05. The quantitative estimate of drug-likeness (QED) is 0.801. The van der Waals surface area contributed by atoms with Crippen molar-refractivity contribution in [1.82, 2.24) is 5.32 Å². The normalized spacial score (nSPS) is 19.4. The van der Waals surface area contributed by atoms with E-state index in [9.17, 15) is 9.59 Å². The fourth-order valence-corrected chi connectivity index (χ4v) is 3.84. The summed E-state index contributed by atoms with van der Waals surface area (Å²) in [6, 6.07) is 5.41. The first-order chi connectivity index (χ1) is 13.0. The van der Waals surface area contributed by atoms with Gasteiger partial charge in [-0.3, -0.25) is 4.79 Å². The molecule has 3 rings (SSSR count). The Hall–Kier alpha value is -2.76. The van der Waals surface area contributed by atoms with Gasteiger partial charge in [-0.2, -0.15) is 0 Å². The van der Waals surface area contributed by atoms with Gasteiger partial charge in [-0.15, -0.1) is 0 Å². The van der Waals surface area contributed by atoms with Crippen LogP contribution in [0.1, 0.15) is 44.6 Å². The Bertz CT molecular complexity index is 837. The van der Waals surface area contributed by atoms with Crippen LogP contribution < -0.4 is 14.8 Å². The highest BCUT2D eigenvalue weighted by molar-refractivity contribution is 6.04. The number of carbonyl (C=O) groups is 2. The van der Waals surface area contributed by atoms with E-state index < -0.39 is 11.9 Å². The minimum atomic E-state index is -0.543. The zero-order valence-corrected chi connectivity index (χ0v) is 16.2. The third kappa shape index (κ3) is 3.44. The lowest BCUT2D eigenvalue weighted by Gasteiger charge is -2.34. The number of rotatable bonds is 5. The first-order valence-electron chi connectivity index (χ1n) is 9.14. The number of benzene rings is 1. The van der Waals surface area contributed by atoms with Crippen molar-refractivity contribution in [3.63, 3.8) is 0 Å². The fraction of sp³-hybridized carbons (Fsp3) is 0.429. The second kappa shape index (κ2) is 7.86. The van der Waals surface area contributed by atoms with Crippen LogP contribution in [0.25, 0.3) is 0 Å². The van der Waals surface area contributed by atoms with E-state index in [1.165, 1.54) is 0 Å². The van der Waals surface area contributed by atoms with Gasteiger partial charge in [0.15, 0.2) is 5.78 Å². The molecule has 0 fully saturated rings. The molecule has 6 nitrogen and oxygen atoms in total. The molecule has 6 heteroatoms. The van der Waals surface area contributed by atoms with Gasteiger partial charge in [0.05, 0.1) is 32.3 Å². The van der Waals surface area contributed by atoms with Crippen LogP contribution in [-0.2, 0) is 14.3 Å². The predicted octanol–water partition coefficient (Wildman–Crippen LogP) is 3.23. The van der Waals surface area contributed by atoms with Gasteiger partial charge in [-0.25, -0.2) is 4.79 Å². The molecule has 1 aromatic carbocycles. The lowest BCUT2D eigenvalue weighted by Crippen LogP contribution is -2.34. The summed E-state index contributed by atoms with van der Waals surface area (Å²) in [5.74, 6) is 0.312. The average molecular weight is 371 g/mol. The number of Topliss-reactive ketones (excluding diaryl/α,β-unsaturated/α-hetero) is 1. The number of esters is 1. The summed E-state index contributed by atoms with van der Waals surface area (Å²) in [5.41, 5.74) is 3.38. The standard InChI is InChI=1S/C21H25NO5/c1-5-27-21(24)18-12(2)22-15-7-6-8-16(23)20(15)19(18)14-11-13(25-3)9-10-17(14)26-4/h9-11,19,22H,5-8H2,1-4H3/t19-/m1/s1. The average Bonchev–Trinajstić information content (AvgIpc) is 2.66. The number of hydrogen-bond acceptors (Lipinski definition) is 6. The van der Waals surface area contributed by atoms with Crippen molar-refractivity contribution in [2.75, 3.05) is 20.8 Å². The molecule has 2 aliphatic rings. The van der Waals surface area contributed by atoms with E-state index in [4.69, 9.17) is 14.2 Å². The van der Waals surface area contributed by atoms with E-state index in [1.807, 2.05) is 13.0 Å². The number of nitrogens with one attached hydrogen (secondary N) is 1. The molecular formula is C21H25NO5. The van der Waals surface area contributed by atoms with Crippen LogP contribution in [0.2, 0.25) is 0 Å². The van der Waals surface area contributed by atoms with Crippen molar-refractivity contribution < 1.29 is 23.8 Å². The summed E-state index contributed by atoms with van der Waals surface area (Å²) < 4.78 is 16.2. The van der Waals surface area contributed by atoms with E-state index in [0.717, 1.165) is 24.1 Å². The molecule has 1 aliphatic heterocycles. The van der Waals surface area contributed by atoms with Crippen LogP contribution in [0.5, 0.6) is 11.5 Å². The van der Waals surface area contributed by atoms with Gasteiger partial charge in [0.2, 0.25) is 0 Å². The molecule has 0 saturated heterocycles. The molecule has 0 spiro atoms. The Morgan fingerprint density at radius 1 is 1.22 bits per heavy atom. The third-order valence-electron chi connectivity index (χ3n) is 5.02. The van der Waals surface area contributed by atoms with Gasteiger partial charge in [-0.05, 0) is 44.9 Å². The van der Waals surface area contributed by atoms with Crippen LogP contribution in [0.15, 0.2) is 40.7 Å². The summed E-state index contributed by atoms with van der Waals surface area (Å²) in [6.45, 7) is 3.87. The Labute approximate surface area is 159 Å². The molecular weight excluding hydrogens is 346 g/mol. The van der Waals surface area contributed by atoms with Crippen LogP contribution in [0.3, 0.4) is 0 Å². The van der Waals surface area contributed by atoms with Crippen LogP contribution in [0.4, 0.5) is 0 Å².